The van der Waals surface area contributed by atoms with Crippen molar-refractivity contribution >= 4 is 91.8 Å². The number of aromatic nitrogens is 3. The largest absolute Gasteiger partial charge is 0.480 e. The lowest BCUT2D eigenvalue weighted by Gasteiger charge is -2.30. The number of carbonyl (C=O) groups is 10. The molecular formula is C74H111N17O11. The summed E-state index contributed by atoms with van der Waals surface area (Å²) < 4.78 is 0. The van der Waals surface area contributed by atoms with Crippen molar-refractivity contribution in [3.05, 3.63) is 108 Å². The molecule has 0 aliphatic rings. The van der Waals surface area contributed by atoms with Crippen LogP contribution in [-0.4, -0.2) is 166 Å². The van der Waals surface area contributed by atoms with Crippen molar-refractivity contribution in [3.63, 3.8) is 0 Å². The summed E-state index contributed by atoms with van der Waals surface area (Å²) in [6.45, 7) is 12.1. The Hall–Kier alpha value is -9.22. The Morgan fingerprint density at radius 3 is 1.09 bits per heavy atom. The molecule has 0 spiro atoms. The highest BCUT2D eigenvalue weighted by molar-refractivity contribution is 6.00. The number of aliphatic carboxylic acids is 1. The van der Waals surface area contributed by atoms with E-state index in [0.29, 0.717) is 107 Å². The monoisotopic (exact) mass is 1410 g/mol. The Kier molecular flexibility index (Phi) is 33.4. The van der Waals surface area contributed by atoms with Crippen LogP contribution in [0.3, 0.4) is 0 Å². The maximum atomic E-state index is 15.3. The van der Waals surface area contributed by atoms with Crippen molar-refractivity contribution in [2.75, 3.05) is 26.2 Å². The van der Waals surface area contributed by atoms with E-state index in [-0.39, 0.29) is 50.9 Å². The predicted molar refractivity (Wildman–Crippen MR) is 394 cm³/mol. The van der Waals surface area contributed by atoms with Crippen LogP contribution in [-0.2, 0) is 67.2 Å². The van der Waals surface area contributed by atoms with Gasteiger partial charge in [-0.1, -0.05) is 109 Å². The lowest BCUT2D eigenvalue weighted by Crippen LogP contribution is -2.62. The molecule has 102 heavy (non-hydrogen) atoms. The van der Waals surface area contributed by atoms with E-state index in [9.17, 15) is 38.7 Å². The van der Waals surface area contributed by atoms with E-state index in [1.807, 2.05) is 93.6 Å². The van der Waals surface area contributed by atoms with Crippen molar-refractivity contribution in [2.24, 2.45) is 46.4 Å². The molecule has 0 saturated carbocycles. The van der Waals surface area contributed by atoms with E-state index in [1.54, 1.807) is 39.4 Å². The topological polar surface area (TPSA) is 477 Å². The molecule has 0 bridgehead atoms. The Balaban J connectivity index is 1.29. The third-order valence-corrected chi connectivity index (χ3v) is 18.6. The first-order valence-corrected chi connectivity index (χ1v) is 36.1. The van der Waals surface area contributed by atoms with Gasteiger partial charge in [0.1, 0.15) is 54.4 Å². The van der Waals surface area contributed by atoms with Crippen LogP contribution in [0.1, 0.15) is 148 Å². The van der Waals surface area contributed by atoms with Crippen molar-refractivity contribution in [1.82, 2.24) is 62.8 Å². The summed E-state index contributed by atoms with van der Waals surface area (Å²) in [5, 5.41) is 38.0. The smallest absolute Gasteiger partial charge is 0.326 e. The minimum Gasteiger partial charge on any atom is -0.480 e. The molecule has 28 heteroatoms. The number of amides is 9. The number of nitrogens with one attached hydrogen (secondary N) is 12. The fraction of sp³-hybridized carbons (Fsp3) is 0.541. The molecule has 0 unspecified atom stereocenters. The van der Waals surface area contributed by atoms with Crippen LogP contribution < -0.4 is 76.5 Å². The average molecular weight is 1410 g/mol. The molecule has 0 radical (unpaired) electrons. The van der Waals surface area contributed by atoms with Crippen molar-refractivity contribution < 1.29 is 53.1 Å². The number of H-pyrrole nitrogens is 3. The average Bonchev–Trinajstić information content (AvgIpc) is 1.63. The van der Waals surface area contributed by atoms with Gasteiger partial charge in [-0.2, -0.15) is 0 Å². The van der Waals surface area contributed by atoms with E-state index in [1.165, 1.54) is 0 Å². The highest BCUT2D eigenvalue weighted by atomic mass is 16.4. The number of hydrogen-bond donors (Lipinski definition) is 18. The number of carbonyl (C=O) groups excluding carboxylic acids is 9. The van der Waals surface area contributed by atoms with Crippen LogP contribution >= 0.6 is 0 Å². The van der Waals surface area contributed by atoms with Gasteiger partial charge in [0.05, 0.1) is 6.04 Å². The van der Waals surface area contributed by atoms with Gasteiger partial charge in [-0.3, -0.25) is 43.2 Å². The molecule has 6 rings (SSSR count). The van der Waals surface area contributed by atoms with Crippen LogP contribution in [0.5, 0.6) is 0 Å². The number of carboxylic acids is 1. The third kappa shape index (κ3) is 24.5. The number of aromatic amines is 3. The molecule has 0 aliphatic carbocycles. The van der Waals surface area contributed by atoms with Gasteiger partial charge in [0.2, 0.25) is 53.2 Å². The van der Waals surface area contributed by atoms with Crippen LogP contribution in [0.4, 0.5) is 0 Å². The number of para-hydroxylation sites is 3. The van der Waals surface area contributed by atoms with E-state index in [0.717, 1.165) is 32.7 Å². The molecule has 11 atom stereocenters. The summed E-state index contributed by atoms with van der Waals surface area (Å²) in [4.78, 5) is 154. The van der Waals surface area contributed by atoms with Gasteiger partial charge in [0.25, 0.3) is 0 Å². The predicted octanol–water partition coefficient (Wildman–Crippen LogP) is 3.20. The summed E-state index contributed by atoms with van der Waals surface area (Å²) in [5.74, 6) is -9.14. The fourth-order valence-electron chi connectivity index (χ4n) is 12.4. The molecule has 28 nitrogen and oxygen atoms in total. The second kappa shape index (κ2) is 41.6. The standard InChI is InChI=1S/C74H111N17O11/c1-7-45(6)64(91-71(98)61(38-47-41-81-54-27-12-9-23-50(47)54)86-67(94)57(30-16-20-34-77)84-66(93)56(29-15-19-33-76)83-65(92)52(79)25-14-18-32-75)73(100)89-62(39-48-42-82-55-28-13-10-24-51(48)55)70(97)90-63(44(4)5)72(99)88-59(36-43(2)3)68(95)87-60(37-46-40-80-53-26-11-8-22-49(46)53)69(96)85-58(74(101)102)31-17-21-35-78/h8-13,22-24,26-28,40-45,52,56-64,80-82H,7,14-21,25,29-39,75-79H2,1-6H3,(H,83,92)(H,84,93)(H,85,96)(H,86,94)(H,87,95)(H,88,99)(H,89,100)(H,90,97)(H,91,98)(H,101,102)/t45-,52-,56-,57-,58-,59-,60-,61-,62-,63-,64-/m0/s1. The molecule has 0 aliphatic heterocycles. The zero-order valence-corrected chi connectivity index (χ0v) is 59.9. The molecule has 9 amide bonds. The third-order valence-electron chi connectivity index (χ3n) is 18.6. The molecule has 23 N–H and O–H groups in total. The molecule has 558 valence electrons. The number of rotatable bonds is 46. The maximum absolute atomic E-state index is 15.3. The molecule has 0 saturated heterocycles. The van der Waals surface area contributed by atoms with Crippen molar-refractivity contribution in [2.45, 2.75) is 211 Å². The van der Waals surface area contributed by atoms with Crippen molar-refractivity contribution in [1.29, 1.82) is 0 Å². The first-order chi connectivity index (χ1) is 48.9. The summed E-state index contributed by atoms with van der Waals surface area (Å²) in [6, 6.07) is 9.60. The summed E-state index contributed by atoms with van der Waals surface area (Å²) in [5.41, 5.74) is 33.6. The van der Waals surface area contributed by atoms with Gasteiger partial charge < -0.3 is 96.6 Å². The Labute approximate surface area is 597 Å². The highest BCUT2D eigenvalue weighted by Crippen LogP contribution is 2.24. The van der Waals surface area contributed by atoms with E-state index >= 15 is 14.4 Å². The quantitative estimate of drug-likeness (QED) is 0.0244. The van der Waals surface area contributed by atoms with Crippen LogP contribution in [0.2, 0.25) is 0 Å². The van der Waals surface area contributed by atoms with Gasteiger partial charge in [0.15, 0.2) is 0 Å². The summed E-state index contributed by atoms with van der Waals surface area (Å²) >= 11 is 0. The molecule has 3 aromatic heterocycles. The Bertz CT molecular complexity index is 3720. The number of benzene rings is 3. The molecule has 3 heterocycles. The first kappa shape index (κ1) is 81.7. The fourth-order valence-corrected chi connectivity index (χ4v) is 12.4. The lowest BCUT2D eigenvalue weighted by atomic mass is 9.95. The van der Waals surface area contributed by atoms with Gasteiger partial charge in [0, 0.05) is 70.6 Å². The first-order valence-electron chi connectivity index (χ1n) is 36.1. The van der Waals surface area contributed by atoms with Gasteiger partial charge in [-0.05, 0) is 156 Å². The molecule has 6 aromatic rings. The number of carboxylic acid groups (broad SMARTS) is 1. The zero-order valence-electron chi connectivity index (χ0n) is 59.9. The van der Waals surface area contributed by atoms with Gasteiger partial charge in [-0.15, -0.1) is 0 Å². The van der Waals surface area contributed by atoms with Gasteiger partial charge >= 0.3 is 5.97 Å². The Morgan fingerprint density at radius 2 is 0.696 bits per heavy atom. The minimum atomic E-state index is -1.41. The Morgan fingerprint density at radius 1 is 0.382 bits per heavy atom. The number of fused-ring (bicyclic) bond motifs is 3. The van der Waals surface area contributed by atoms with E-state index in [2.05, 4.69) is 62.8 Å². The molecule has 3 aromatic carbocycles. The normalized spacial score (nSPS) is 14.8. The van der Waals surface area contributed by atoms with Crippen molar-refractivity contribution in [3.8, 4) is 0 Å². The second-order valence-electron chi connectivity index (χ2n) is 27.4. The van der Waals surface area contributed by atoms with Crippen LogP contribution in [0.25, 0.3) is 32.7 Å². The SMILES string of the molecule is CC[C@H](C)[C@H](NC(=O)[C@H](Cc1c[nH]c2ccccc12)NC(=O)[C@H](CCCCN)NC(=O)[C@H](CCCCN)NC(=O)[C@@H](N)CCCCN)C(=O)N[C@@H](Cc1c[nH]c2ccccc12)C(=O)N[C@H](C(=O)N[C@@H](CC(C)C)C(=O)N[C@@H](Cc1c[nH]c2ccccc12)C(=O)N[C@@H](CCCCN)C(=O)O)C(C)C. The van der Waals surface area contributed by atoms with E-state index < -0.39 is 131 Å². The number of nitrogens with two attached hydrogens (primary N) is 5. The van der Waals surface area contributed by atoms with E-state index in [4.69, 9.17) is 28.7 Å². The lowest BCUT2D eigenvalue weighted by molar-refractivity contribution is -0.142. The second-order valence-corrected chi connectivity index (χ2v) is 27.4. The zero-order chi connectivity index (χ0) is 74.4. The highest BCUT2D eigenvalue weighted by Gasteiger charge is 2.38. The number of unbranched alkanes of at least 4 members (excludes halogenated alkanes) is 4. The minimum absolute atomic E-state index is 0.0522. The molecule has 0 fully saturated rings. The summed E-state index contributed by atoms with van der Waals surface area (Å²) in [7, 11) is 0. The van der Waals surface area contributed by atoms with Crippen LogP contribution in [0.15, 0.2) is 91.4 Å². The molecular weight excluding hydrogens is 1300 g/mol. The number of hydrogen-bond acceptors (Lipinski definition) is 15. The van der Waals surface area contributed by atoms with Gasteiger partial charge in [-0.25, -0.2) is 4.79 Å². The maximum Gasteiger partial charge on any atom is 0.326 e. The van der Waals surface area contributed by atoms with Crippen LogP contribution in [0, 0.1) is 17.8 Å². The summed E-state index contributed by atoms with van der Waals surface area (Å²) in [6.07, 6.45) is 10.2.